The lowest BCUT2D eigenvalue weighted by Crippen LogP contribution is -2.07. The Morgan fingerprint density at radius 3 is 2.22 bits per heavy atom. The molecule has 0 aliphatic rings. The van der Waals surface area contributed by atoms with Gasteiger partial charge in [0.25, 0.3) is 0 Å². The molecule has 1 aromatic heterocycles. The molecule has 0 aliphatic heterocycles. The SMILES string of the molecule is CS(=O)(=O)c1ccc(-c2oc(C=O)cc(=O)c2Oc2ccc(F)cc2)cc1. The predicted molar refractivity (Wildman–Crippen MR) is 95.4 cm³/mol. The second-order valence-electron chi connectivity index (χ2n) is 5.64. The second-order valence-corrected chi connectivity index (χ2v) is 7.66. The molecule has 0 fully saturated rings. The maximum atomic E-state index is 13.1. The van der Waals surface area contributed by atoms with Crippen LogP contribution in [-0.4, -0.2) is 21.0 Å². The van der Waals surface area contributed by atoms with Crippen LogP contribution in [0, 0.1) is 5.82 Å². The molecule has 3 rings (SSSR count). The van der Waals surface area contributed by atoms with Crippen LogP contribution in [0.1, 0.15) is 10.6 Å². The summed E-state index contributed by atoms with van der Waals surface area (Å²) < 4.78 is 47.2. The van der Waals surface area contributed by atoms with Gasteiger partial charge in [0.05, 0.1) is 4.90 Å². The van der Waals surface area contributed by atoms with Crippen LogP contribution in [0.3, 0.4) is 0 Å². The molecule has 6 nitrogen and oxygen atoms in total. The van der Waals surface area contributed by atoms with Gasteiger partial charge in [-0.3, -0.25) is 9.59 Å². The van der Waals surface area contributed by atoms with Crippen molar-refractivity contribution in [1.29, 1.82) is 0 Å². The highest BCUT2D eigenvalue weighted by molar-refractivity contribution is 7.90. The van der Waals surface area contributed by atoms with Gasteiger partial charge in [0.15, 0.2) is 27.6 Å². The molecule has 0 amide bonds. The topological polar surface area (TPSA) is 90.6 Å². The van der Waals surface area contributed by atoms with E-state index in [1.807, 2.05) is 0 Å². The number of benzene rings is 2. The Labute approximate surface area is 153 Å². The third-order valence-electron chi connectivity index (χ3n) is 3.62. The number of hydrogen-bond donors (Lipinski definition) is 0. The van der Waals surface area contributed by atoms with Crippen molar-refractivity contribution in [2.45, 2.75) is 4.90 Å². The van der Waals surface area contributed by atoms with E-state index in [0.29, 0.717) is 11.8 Å². The van der Waals surface area contributed by atoms with E-state index in [1.165, 1.54) is 36.4 Å². The largest absolute Gasteiger partial charge is 0.449 e. The van der Waals surface area contributed by atoms with Crippen molar-refractivity contribution >= 4 is 16.1 Å². The number of carbonyl (C=O) groups excluding carboxylic acids is 1. The maximum Gasteiger partial charge on any atom is 0.228 e. The first-order chi connectivity index (χ1) is 12.8. The fourth-order valence-corrected chi connectivity index (χ4v) is 2.95. The smallest absolute Gasteiger partial charge is 0.228 e. The van der Waals surface area contributed by atoms with Gasteiger partial charge >= 0.3 is 0 Å². The molecule has 0 radical (unpaired) electrons. The Balaban J connectivity index is 2.12. The van der Waals surface area contributed by atoms with Gasteiger partial charge in [0.1, 0.15) is 11.6 Å². The molecule has 0 saturated heterocycles. The monoisotopic (exact) mass is 388 g/mol. The number of hydrogen-bond acceptors (Lipinski definition) is 6. The van der Waals surface area contributed by atoms with Gasteiger partial charge in [-0.25, -0.2) is 12.8 Å². The fraction of sp³-hybridized carbons (Fsp3) is 0.0526. The Morgan fingerprint density at radius 1 is 1.04 bits per heavy atom. The minimum Gasteiger partial charge on any atom is -0.449 e. The summed E-state index contributed by atoms with van der Waals surface area (Å²) in [6, 6.07) is 11.5. The van der Waals surface area contributed by atoms with Gasteiger partial charge in [-0.1, -0.05) is 0 Å². The zero-order valence-corrected chi connectivity index (χ0v) is 14.8. The maximum absolute atomic E-state index is 13.1. The van der Waals surface area contributed by atoms with Gasteiger partial charge in [-0.15, -0.1) is 0 Å². The molecule has 27 heavy (non-hydrogen) atoms. The average molecular weight is 388 g/mol. The lowest BCUT2D eigenvalue weighted by atomic mass is 10.1. The molecule has 3 aromatic rings. The average Bonchev–Trinajstić information content (AvgIpc) is 2.64. The summed E-state index contributed by atoms with van der Waals surface area (Å²) >= 11 is 0. The number of halogens is 1. The summed E-state index contributed by atoms with van der Waals surface area (Å²) in [5.41, 5.74) is -0.282. The lowest BCUT2D eigenvalue weighted by Gasteiger charge is -2.10. The minimum absolute atomic E-state index is 0.0472. The normalized spacial score (nSPS) is 11.2. The first kappa shape index (κ1) is 18.5. The second kappa shape index (κ2) is 7.16. The molecule has 0 aliphatic carbocycles. The van der Waals surface area contributed by atoms with Crippen molar-refractivity contribution in [3.05, 3.63) is 76.4 Å². The van der Waals surface area contributed by atoms with Gasteiger partial charge in [0.2, 0.25) is 11.2 Å². The van der Waals surface area contributed by atoms with Crippen LogP contribution in [0.5, 0.6) is 11.5 Å². The molecule has 0 atom stereocenters. The number of rotatable bonds is 5. The molecular weight excluding hydrogens is 375 g/mol. The Morgan fingerprint density at radius 2 is 1.67 bits per heavy atom. The van der Waals surface area contributed by atoms with Crippen LogP contribution < -0.4 is 10.2 Å². The lowest BCUT2D eigenvalue weighted by molar-refractivity contribution is 0.109. The first-order valence-electron chi connectivity index (χ1n) is 7.65. The quantitative estimate of drug-likeness (QED) is 0.622. The highest BCUT2D eigenvalue weighted by Crippen LogP contribution is 2.32. The molecule has 1 heterocycles. The molecule has 0 N–H and O–H groups in total. The van der Waals surface area contributed by atoms with Crippen LogP contribution in [0.15, 0.2) is 68.7 Å². The molecule has 138 valence electrons. The number of sulfone groups is 1. The van der Waals surface area contributed by atoms with Gasteiger partial charge < -0.3 is 9.15 Å². The molecule has 8 heteroatoms. The summed E-state index contributed by atoms with van der Waals surface area (Å²) in [7, 11) is -3.40. The van der Waals surface area contributed by atoms with E-state index in [4.69, 9.17) is 9.15 Å². The van der Waals surface area contributed by atoms with Crippen molar-refractivity contribution in [3.63, 3.8) is 0 Å². The standard InChI is InChI=1S/C19H13FO6S/c1-27(23,24)16-8-2-12(3-9-16)18-19(17(22)10-15(11-21)26-18)25-14-6-4-13(20)5-7-14/h2-11H,1H3. The van der Waals surface area contributed by atoms with E-state index in [0.717, 1.165) is 24.5 Å². The van der Waals surface area contributed by atoms with Crippen LogP contribution >= 0.6 is 0 Å². The van der Waals surface area contributed by atoms with E-state index in [9.17, 15) is 22.4 Å². The number of aldehydes is 1. The molecular formula is C19H13FO6S. The zero-order chi connectivity index (χ0) is 19.6. The molecule has 2 aromatic carbocycles. The summed E-state index contributed by atoms with van der Waals surface area (Å²) in [4.78, 5) is 23.5. The van der Waals surface area contributed by atoms with Crippen LogP contribution in [0.25, 0.3) is 11.3 Å². The van der Waals surface area contributed by atoms with E-state index in [1.54, 1.807) is 0 Å². The van der Waals surface area contributed by atoms with E-state index in [-0.39, 0.29) is 27.9 Å². The van der Waals surface area contributed by atoms with E-state index < -0.39 is 21.1 Å². The van der Waals surface area contributed by atoms with Crippen LogP contribution in [-0.2, 0) is 9.84 Å². The third kappa shape index (κ3) is 4.12. The van der Waals surface area contributed by atoms with Crippen molar-refractivity contribution in [2.24, 2.45) is 0 Å². The molecule has 0 unspecified atom stereocenters. The third-order valence-corrected chi connectivity index (χ3v) is 4.75. The Hall–Kier alpha value is -3.26. The molecule has 0 saturated carbocycles. The fourth-order valence-electron chi connectivity index (χ4n) is 2.32. The van der Waals surface area contributed by atoms with Crippen molar-refractivity contribution < 1.29 is 26.8 Å². The Bertz CT molecular complexity index is 1150. The number of ether oxygens (including phenoxy) is 1. The van der Waals surface area contributed by atoms with Crippen molar-refractivity contribution in [2.75, 3.05) is 6.26 Å². The van der Waals surface area contributed by atoms with Crippen molar-refractivity contribution in [3.8, 4) is 22.8 Å². The summed E-state index contributed by atoms with van der Waals surface area (Å²) in [6.07, 6.45) is 1.44. The Kier molecular flexibility index (Phi) is 4.91. The zero-order valence-electron chi connectivity index (χ0n) is 14.0. The van der Waals surface area contributed by atoms with Gasteiger partial charge in [0, 0.05) is 17.9 Å². The van der Waals surface area contributed by atoms with Gasteiger partial charge in [-0.05, 0) is 48.5 Å². The predicted octanol–water partition coefficient (Wildman–Crippen LogP) is 3.45. The first-order valence-corrected chi connectivity index (χ1v) is 9.54. The highest BCUT2D eigenvalue weighted by atomic mass is 32.2. The molecule has 0 bridgehead atoms. The summed E-state index contributed by atoms with van der Waals surface area (Å²) in [5, 5.41) is 0. The van der Waals surface area contributed by atoms with Crippen molar-refractivity contribution in [1.82, 2.24) is 0 Å². The van der Waals surface area contributed by atoms with Crippen LogP contribution in [0.4, 0.5) is 4.39 Å². The van der Waals surface area contributed by atoms with E-state index >= 15 is 0 Å². The summed E-state index contributed by atoms with van der Waals surface area (Å²) in [5.74, 6) is -0.749. The van der Waals surface area contributed by atoms with Gasteiger partial charge in [-0.2, -0.15) is 0 Å². The summed E-state index contributed by atoms with van der Waals surface area (Å²) in [6.45, 7) is 0. The van der Waals surface area contributed by atoms with Crippen LogP contribution in [0.2, 0.25) is 0 Å². The van der Waals surface area contributed by atoms with E-state index in [2.05, 4.69) is 0 Å². The number of carbonyl (C=O) groups is 1. The highest BCUT2D eigenvalue weighted by Gasteiger charge is 2.18. The molecule has 0 spiro atoms. The minimum atomic E-state index is -3.40.